The van der Waals surface area contributed by atoms with E-state index < -0.39 is 0 Å². The van der Waals surface area contributed by atoms with Gasteiger partial charge in [-0.2, -0.15) is 0 Å². The number of ether oxygens (including phenoxy) is 2. The number of fused-ring (bicyclic) bond motifs is 1. The number of hydrogen-bond donors (Lipinski definition) is 2. The highest BCUT2D eigenvalue weighted by Gasteiger charge is 2.19. The fourth-order valence-electron chi connectivity index (χ4n) is 2.78. The van der Waals surface area contributed by atoms with Crippen LogP contribution in [0.2, 0.25) is 5.02 Å². The van der Waals surface area contributed by atoms with Crippen LogP contribution < -0.4 is 20.3 Å². The Balaban J connectivity index is 1.52. The van der Waals surface area contributed by atoms with Gasteiger partial charge in [0.25, 0.3) is 5.56 Å². The van der Waals surface area contributed by atoms with E-state index in [1.807, 2.05) is 16.8 Å². The molecule has 8 nitrogen and oxygen atoms in total. The SMILES string of the molecule is Cc1cc(=O)[nH]c(NCCn2ccnc2-c2cc3c(cc2Cl)OCO3)n1. The zero-order valence-electron chi connectivity index (χ0n) is 14.0. The first kappa shape index (κ1) is 16.5. The van der Waals surface area contributed by atoms with Crippen LogP contribution in [-0.4, -0.2) is 32.9 Å². The van der Waals surface area contributed by atoms with Crippen molar-refractivity contribution >= 4 is 17.5 Å². The van der Waals surface area contributed by atoms with Gasteiger partial charge in [0.2, 0.25) is 12.7 Å². The summed E-state index contributed by atoms with van der Waals surface area (Å²) < 4.78 is 12.7. The summed E-state index contributed by atoms with van der Waals surface area (Å²) in [6.45, 7) is 3.13. The molecule has 0 unspecified atom stereocenters. The molecule has 0 spiro atoms. The van der Waals surface area contributed by atoms with Gasteiger partial charge in [0, 0.05) is 48.9 Å². The van der Waals surface area contributed by atoms with Gasteiger partial charge >= 0.3 is 0 Å². The average molecular weight is 374 g/mol. The minimum absolute atomic E-state index is 0.185. The number of rotatable bonds is 5. The Morgan fingerprint density at radius 3 is 2.92 bits per heavy atom. The monoisotopic (exact) mass is 373 g/mol. The van der Waals surface area contributed by atoms with Crippen LogP contribution in [0.3, 0.4) is 0 Å². The molecule has 0 fully saturated rings. The molecule has 4 rings (SSSR count). The van der Waals surface area contributed by atoms with E-state index in [1.54, 1.807) is 19.2 Å². The normalized spacial score (nSPS) is 12.4. The quantitative estimate of drug-likeness (QED) is 0.713. The van der Waals surface area contributed by atoms with E-state index in [-0.39, 0.29) is 12.4 Å². The molecule has 1 aliphatic heterocycles. The lowest BCUT2D eigenvalue weighted by Gasteiger charge is -2.11. The summed E-state index contributed by atoms with van der Waals surface area (Å²) in [4.78, 5) is 22.8. The molecule has 3 heterocycles. The van der Waals surface area contributed by atoms with Crippen LogP contribution in [0.5, 0.6) is 11.5 Å². The smallest absolute Gasteiger partial charge is 0.252 e. The highest BCUT2D eigenvalue weighted by atomic mass is 35.5. The van der Waals surface area contributed by atoms with E-state index in [4.69, 9.17) is 21.1 Å². The Labute approximate surface area is 153 Å². The van der Waals surface area contributed by atoms with Crippen LogP contribution in [0.25, 0.3) is 11.4 Å². The molecule has 26 heavy (non-hydrogen) atoms. The molecule has 0 aliphatic carbocycles. The lowest BCUT2D eigenvalue weighted by molar-refractivity contribution is 0.174. The molecule has 0 saturated heterocycles. The van der Waals surface area contributed by atoms with Crippen molar-refractivity contribution in [3.05, 3.63) is 51.7 Å². The van der Waals surface area contributed by atoms with Crippen molar-refractivity contribution in [3.63, 3.8) is 0 Å². The number of imidazole rings is 1. The van der Waals surface area contributed by atoms with Gasteiger partial charge in [0.05, 0.1) is 5.02 Å². The van der Waals surface area contributed by atoms with Gasteiger partial charge < -0.3 is 19.4 Å². The maximum Gasteiger partial charge on any atom is 0.252 e. The van der Waals surface area contributed by atoms with E-state index >= 15 is 0 Å². The van der Waals surface area contributed by atoms with Crippen LogP contribution in [-0.2, 0) is 6.54 Å². The first-order valence-corrected chi connectivity index (χ1v) is 8.40. The van der Waals surface area contributed by atoms with Crippen molar-refractivity contribution < 1.29 is 9.47 Å². The maximum atomic E-state index is 11.5. The van der Waals surface area contributed by atoms with Crippen molar-refractivity contribution in [1.29, 1.82) is 0 Å². The van der Waals surface area contributed by atoms with Gasteiger partial charge in [0.1, 0.15) is 5.82 Å². The minimum atomic E-state index is -0.185. The largest absolute Gasteiger partial charge is 0.454 e. The molecule has 2 N–H and O–H groups in total. The third kappa shape index (κ3) is 3.23. The van der Waals surface area contributed by atoms with Crippen molar-refractivity contribution in [3.8, 4) is 22.9 Å². The summed E-state index contributed by atoms with van der Waals surface area (Å²) in [6, 6.07) is 5.01. The molecule has 3 aromatic rings. The summed E-state index contributed by atoms with van der Waals surface area (Å²) in [5.41, 5.74) is 1.24. The summed E-state index contributed by atoms with van der Waals surface area (Å²) in [5.74, 6) is 2.45. The van der Waals surface area contributed by atoms with Gasteiger partial charge in [-0.1, -0.05) is 11.6 Å². The predicted molar refractivity (Wildman–Crippen MR) is 96.9 cm³/mol. The average Bonchev–Trinajstić information content (AvgIpc) is 3.21. The number of aromatic nitrogens is 4. The zero-order chi connectivity index (χ0) is 18.1. The number of H-pyrrole nitrogens is 1. The van der Waals surface area contributed by atoms with Crippen LogP contribution in [0, 0.1) is 6.92 Å². The Hall–Kier alpha value is -3.00. The third-order valence-corrected chi connectivity index (χ3v) is 4.25. The van der Waals surface area contributed by atoms with E-state index in [0.29, 0.717) is 41.3 Å². The first-order chi connectivity index (χ1) is 12.6. The van der Waals surface area contributed by atoms with E-state index in [9.17, 15) is 4.79 Å². The fraction of sp³-hybridized carbons (Fsp3) is 0.235. The second-order valence-corrected chi connectivity index (χ2v) is 6.20. The topological polar surface area (TPSA) is 94.1 Å². The van der Waals surface area contributed by atoms with Crippen LogP contribution in [0.15, 0.2) is 35.4 Å². The van der Waals surface area contributed by atoms with E-state index in [1.165, 1.54) is 6.07 Å². The number of benzene rings is 1. The fourth-order valence-corrected chi connectivity index (χ4v) is 3.02. The van der Waals surface area contributed by atoms with Gasteiger partial charge in [0.15, 0.2) is 11.5 Å². The van der Waals surface area contributed by atoms with Crippen molar-refractivity contribution in [2.24, 2.45) is 0 Å². The molecule has 0 saturated carbocycles. The lowest BCUT2D eigenvalue weighted by Crippen LogP contribution is -2.16. The molecular formula is C17H16ClN5O3. The molecule has 0 bridgehead atoms. The molecule has 2 aromatic heterocycles. The molecule has 0 amide bonds. The number of halogens is 1. The van der Waals surface area contributed by atoms with Crippen LogP contribution >= 0.6 is 11.6 Å². The third-order valence-electron chi connectivity index (χ3n) is 3.93. The lowest BCUT2D eigenvalue weighted by atomic mass is 10.2. The Morgan fingerprint density at radius 1 is 1.31 bits per heavy atom. The summed E-state index contributed by atoms with van der Waals surface area (Å²) in [6.07, 6.45) is 3.58. The second kappa shape index (κ2) is 6.72. The molecule has 0 radical (unpaired) electrons. The number of nitrogens with one attached hydrogen (secondary N) is 2. The number of aromatic amines is 1. The molecule has 9 heteroatoms. The second-order valence-electron chi connectivity index (χ2n) is 5.79. The highest BCUT2D eigenvalue weighted by Crippen LogP contribution is 2.40. The Kier molecular flexibility index (Phi) is 4.26. The maximum absolute atomic E-state index is 11.5. The molecule has 1 aromatic carbocycles. The van der Waals surface area contributed by atoms with Crippen LogP contribution in [0.1, 0.15) is 5.69 Å². The highest BCUT2D eigenvalue weighted by molar-refractivity contribution is 6.33. The van der Waals surface area contributed by atoms with Crippen molar-refractivity contribution in [1.82, 2.24) is 19.5 Å². The molecule has 134 valence electrons. The van der Waals surface area contributed by atoms with Gasteiger partial charge in [-0.05, 0) is 13.0 Å². The van der Waals surface area contributed by atoms with E-state index in [0.717, 1.165) is 11.4 Å². The minimum Gasteiger partial charge on any atom is -0.454 e. The van der Waals surface area contributed by atoms with E-state index in [2.05, 4.69) is 20.3 Å². The molecule has 1 aliphatic rings. The Bertz CT molecular complexity index is 1010. The Morgan fingerprint density at radius 2 is 2.12 bits per heavy atom. The van der Waals surface area contributed by atoms with Crippen LogP contribution in [0.4, 0.5) is 5.95 Å². The van der Waals surface area contributed by atoms with Crippen molar-refractivity contribution in [2.45, 2.75) is 13.5 Å². The molecular weight excluding hydrogens is 358 g/mol. The number of nitrogens with zero attached hydrogens (tertiary/aromatic N) is 3. The van der Waals surface area contributed by atoms with Crippen molar-refractivity contribution in [2.75, 3.05) is 18.7 Å². The van der Waals surface area contributed by atoms with Gasteiger partial charge in [-0.3, -0.25) is 9.78 Å². The zero-order valence-corrected chi connectivity index (χ0v) is 14.7. The van der Waals surface area contributed by atoms with Gasteiger partial charge in [-0.25, -0.2) is 9.97 Å². The van der Waals surface area contributed by atoms with Gasteiger partial charge in [-0.15, -0.1) is 0 Å². The number of anilines is 1. The molecule has 0 atom stereocenters. The predicted octanol–water partition coefficient (Wildman–Crippen LogP) is 2.44. The first-order valence-electron chi connectivity index (χ1n) is 8.02. The summed E-state index contributed by atoms with van der Waals surface area (Å²) >= 11 is 6.38. The number of aryl methyl sites for hydroxylation is 1. The number of hydrogen-bond acceptors (Lipinski definition) is 6. The standard InChI is InChI=1S/C17H16ClN5O3/c1-10-6-15(24)22-17(21-10)20-3-5-23-4-2-19-16(23)11-7-13-14(8-12(11)18)26-9-25-13/h2,4,6-8H,3,5,9H2,1H3,(H2,20,21,22,24). The summed E-state index contributed by atoms with van der Waals surface area (Å²) in [5, 5.41) is 3.65. The summed E-state index contributed by atoms with van der Waals surface area (Å²) in [7, 11) is 0.